The van der Waals surface area contributed by atoms with Gasteiger partial charge < -0.3 is 9.30 Å². The molecule has 0 aliphatic rings. The lowest BCUT2D eigenvalue weighted by Crippen LogP contribution is -2.25. The number of ether oxygens (including phenoxy) is 1. The Bertz CT molecular complexity index is 1640. The predicted molar refractivity (Wildman–Crippen MR) is 149 cm³/mol. The molecule has 0 spiro atoms. The molecule has 5 aromatic rings. The van der Waals surface area contributed by atoms with Crippen molar-refractivity contribution in [3.8, 4) is 5.75 Å². The number of aromatic nitrogens is 1. The molecule has 184 valence electrons. The molecule has 37 heavy (non-hydrogen) atoms. The number of carbonyl (C=O) groups is 1. The quantitative estimate of drug-likeness (QED) is 0.155. The molecule has 1 aromatic heterocycles. The van der Waals surface area contributed by atoms with Crippen LogP contribution in [-0.4, -0.2) is 16.7 Å². The number of pyridine rings is 1. The highest BCUT2D eigenvalue weighted by molar-refractivity contribution is 6.35. The maximum atomic E-state index is 12.9. The summed E-state index contributed by atoms with van der Waals surface area (Å²) in [6.07, 6.45) is 1.55. The molecule has 6 nitrogen and oxygen atoms in total. The number of nitrogens with one attached hydrogen (secondary N) is 1. The second kappa shape index (κ2) is 10.9. The van der Waals surface area contributed by atoms with Crippen LogP contribution in [0, 0.1) is 0 Å². The number of para-hydroxylation sites is 2. The van der Waals surface area contributed by atoms with Crippen molar-refractivity contribution in [2.24, 2.45) is 5.10 Å². The van der Waals surface area contributed by atoms with Gasteiger partial charge in [-0.2, -0.15) is 5.10 Å². The molecule has 5 rings (SSSR count). The fourth-order valence-electron chi connectivity index (χ4n) is 4.05. The fraction of sp³-hybridized carbons (Fsp3) is 0.0690. The van der Waals surface area contributed by atoms with E-state index in [0.29, 0.717) is 44.2 Å². The number of halogens is 2. The first-order valence-corrected chi connectivity index (χ1v) is 12.2. The molecule has 0 saturated carbocycles. The van der Waals surface area contributed by atoms with Crippen LogP contribution in [0.1, 0.15) is 11.1 Å². The van der Waals surface area contributed by atoms with Crippen molar-refractivity contribution in [1.82, 2.24) is 9.99 Å². The Hall–Kier alpha value is -4.13. The van der Waals surface area contributed by atoms with E-state index in [1.807, 2.05) is 71.3 Å². The molecule has 0 unspecified atom stereocenters. The summed E-state index contributed by atoms with van der Waals surface area (Å²) in [5.74, 6) is 0.360. The van der Waals surface area contributed by atoms with E-state index in [2.05, 4.69) is 10.5 Å². The summed E-state index contributed by atoms with van der Waals surface area (Å²) in [6, 6.07) is 27.1. The number of hydrogen-bond acceptors (Lipinski definition) is 4. The Balaban J connectivity index is 1.24. The normalized spacial score (nSPS) is 11.3. The fourth-order valence-corrected chi connectivity index (χ4v) is 4.52. The Morgan fingerprint density at radius 3 is 2.19 bits per heavy atom. The number of hydrazone groups is 1. The summed E-state index contributed by atoms with van der Waals surface area (Å²) in [5.41, 5.74) is 5.53. The zero-order valence-corrected chi connectivity index (χ0v) is 21.0. The Labute approximate surface area is 222 Å². The number of nitrogens with zero attached hydrogens (tertiary/aromatic N) is 2. The van der Waals surface area contributed by atoms with E-state index in [1.165, 1.54) is 0 Å². The second-order valence-electron chi connectivity index (χ2n) is 8.34. The van der Waals surface area contributed by atoms with Crippen LogP contribution in [0.4, 0.5) is 0 Å². The number of hydrogen-bond donors (Lipinski definition) is 1. The van der Waals surface area contributed by atoms with Gasteiger partial charge in [-0.25, -0.2) is 5.43 Å². The third-order valence-corrected chi connectivity index (χ3v) is 6.46. The lowest BCUT2D eigenvalue weighted by atomic mass is 10.1. The Morgan fingerprint density at radius 2 is 1.54 bits per heavy atom. The van der Waals surface area contributed by atoms with Gasteiger partial charge in [-0.15, -0.1) is 0 Å². The Kier molecular flexibility index (Phi) is 7.21. The van der Waals surface area contributed by atoms with Gasteiger partial charge in [-0.05, 0) is 66.2 Å². The van der Waals surface area contributed by atoms with E-state index in [1.54, 1.807) is 30.5 Å². The van der Waals surface area contributed by atoms with Crippen molar-refractivity contribution in [2.75, 3.05) is 0 Å². The van der Waals surface area contributed by atoms with Gasteiger partial charge in [0.1, 0.15) is 18.9 Å². The summed E-state index contributed by atoms with van der Waals surface area (Å²) < 4.78 is 7.62. The van der Waals surface area contributed by atoms with Crippen molar-refractivity contribution in [1.29, 1.82) is 0 Å². The average molecular weight is 530 g/mol. The SMILES string of the molecule is O=C(Cn1c2ccccc2c(=O)c2ccccc21)N/N=C/c1ccc(OCc2ccc(Cl)cc2Cl)cc1. The van der Waals surface area contributed by atoms with Crippen molar-refractivity contribution in [3.05, 3.63) is 122 Å². The van der Waals surface area contributed by atoms with Gasteiger partial charge in [0.15, 0.2) is 5.43 Å². The number of rotatable bonds is 7. The molecule has 1 amide bonds. The van der Waals surface area contributed by atoms with E-state index >= 15 is 0 Å². The molecular formula is C29H21Cl2N3O3. The number of amides is 1. The highest BCUT2D eigenvalue weighted by Crippen LogP contribution is 2.23. The molecular weight excluding hydrogens is 509 g/mol. The molecule has 1 heterocycles. The molecule has 1 N–H and O–H groups in total. The van der Waals surface area contributed by atoms with Crippen molar-refractivity contribution in [2.45, 2.75) is 13.2 Å². The van der Waals surface area contributed by atoms with E-state index < -0.39 is 0 Å². The number of carbonyl (C=O) groups excluding carboxylic acids is 1. The minimum Gasteiger partial charge on any atom is -0.489 e. The summed E-state index contributed by atoms with van der Waals surface area (Å²) in [7, 11) is 0. The van der Waals surface area contributed by atoms with Crippen LogP contribution in [-0.2, 0) is 17.9 Å². The van der Waals surface area contributed by atoms with E-state index in [4.69, 9.17) is 27.9 Å². The lowest BCUT2D eigenvalue weighted by molar-refractivity contribution is -0.121. The summed E-state index contributed by atoms with van der Waals surface area (Å²) in [4.78, 5) is 25.6. The molecule has 0 atom stereocenters. The highest BCUT2D eigenvalue weighted by atomic mass is 35.5. The first kappa shape index (κ1) is 24.6. The van der Waals surface area contributed by atoms with Crippen LogP contribution in [0.25, 0.3) is 21.8 Å². The van der Waals surface area contributed by atoms with Crippen molar-refractivity contribution < 1.29 is 9.53 Å². The molecule has 0 aliphatic carbocycles. The van der Waals surface area contributed by atoms with Crippen LogP contribution in [0.3, 0.4) is 0 Å². The third-order valence-electron chi connectivity index (χ3n) is 5.87. The van der Waals surface area contributed by atoms with Gasteiger partial charge in [0.05, 0.1) is 17.2 Å². The first-order valence-electron chi connectivity index (χ1n) is 11.5. The van der Waals surface area contributed by atoms with E-state index in [9.17, 15) is 9.59 Å². The minimum absolute atomic E-state index is 0.0126. The number of fused-ring (bicyclic) bond motifs is 2. The molecule has 0 saturated heterocycles. The zero-order valence-electron chi connectivity index (χ0n) is 19.5. The molecule has 0 radical (unpaired) electrons. The van der Waals surface area contributed by atoms with Crippen LogP contribution < -0.4 is 15.6 Å². The monoisotopic (exact) mass is 529 g/mol. The van der Waals surface area contributed by atoms with Gasteiger partial charge in [0.25, 0.3) is 5.91 Å². The molecule has 4 aromatic carbocycles. The second-order valence-corrected chi connectivity index (χ2v) is 9.18. The average Bonchev–Trinajstić information content (AvgIpc) is 2.91. The molecule has 0 aliphatic heterocycles. The van der Waals surface area contributed by atoms with Crippen molar-refractivity contribution >= 4 is 57.1 Å². The van der Waals surface area contributed by atoms with Gasteiger partial charge in [-0.1, -0.05) is 53.5 Å². The third kappa shape index (κ3) is 5.50. The van der Waals surface area contributed by atoms with Gasteiger partial charge >= 0.3 is 0 Å². The summed E-state index contributed by atoms with van der Waals surface area (Å²) >= 11 is 12.1. The van der Waals surface area contributed by atoms with Crippen LogP contribution >= 0.6 is 23.2 Å². The topological polar surface area (TPSA) is 72.7 Å². The zero-order chi connectivity index (χ0) is 25.8. The maximum absolute atomic E-state index is 12.9. The van der Waals surface area contributed by atoms with E-state index in [-0.39, 0.29) is 17.9 Å². The van der Waals surface area contributed by atoms with Crippen molar-refractivity contribution in [3.63, 3.8) is 0 Å². The van der Waals surface area contributed by atoms with Crippen LogP contribution in [0.15, 0.2) is 101 Å². The molecule has 0 fully saturated rings. The Morgan fingerprint density at radius 1 is 0.892 bits per heavy atom. The summed E-state index contributed by atoms with van der Waals surface area (Å²) in [6.45, 7) is 0.326. The minimum atomic E-state index is -0.310. The summed E-state index contributed by atoms with van der Waals surface area (Å²) in [5, 5.41) is 6.35. The first-order chi connectivity index (χ1) is 18.0. The maximum Gasteiger partial charge on any atom is 0.260 e. The highest BCUT2D eigenvalue weighted by Gasteiger charge is 2.12. The van der Waals surface area contributed by atoms with E-state index in [0.717, 1.165) is 11.1 Å². The van der Waals surface area contributed by atoms with Crippen LogP contribution in [0.5, 0.6) is 5.75 Å². The van der Waals surface area contributed by atoms with Gasteiger partial charge in [0, 0.05) is 26.4 Å². The lowest BCUT2D eigenvalue weighted by Gasteiger charge is -2.14. The number of benzene rings is 4. The molecule has 8 heteroatoms. The largest absolute Gasteiger partial charge is 0.489 e. The molecule has 0 bridgehead atoms. The van der Waals surface area contributed by atoms with Gasteiger partial charge in [-0.3, -0.25) is 9.59 Å². The smallest absolute Gasteiger partial charge is 0.260 e. The van der Waals surface area contributed by atoms with Crippen LogP contribution in [0.2, 0.25) is 10.0 Å². The van der Waals surface area contributed by atoms with Gasteiger partial charge in [0.2, 0.25) is 0 Å². The predicted octanol–water partition coefficient (Wildman–Crippen LogP) is 6.19. The standard InChI is InChI=1S/C29H21Cl2N3O3/c30-21-12-11-20(25(31)15-21)18-37-22-13-9-19(10-14-22)16-32-33-28(35)17-34-26-7-3-1-5-23(26)29(36)24-6-2-4-8-27(24)34/h1-16H,17-18H2,(H,33,35)/b32-16+.